The molecule has 1 N–H and O–H groups in total. The van der Waals surface area contributed by atoms with Crippen LogP contribution in [0.4, 0.5) is 0 Å². The molecule has 0 bridgehead atoms. The van der Waals surface area contributed by atoms with Crippen LogP contribution in [0.5, 0.6) is 0 Å². The monoisotopic (exact) mass is 254 g/mol. The van der Waals surface area contributed by atoms with E-state index in [0.717, 1.165) is 24.1 Å². The fourth-order valence-corrected chi connectivity index (χ4v) is 2.09. The fourth-order valence-electron chi connectivity index (χ4n) is 1.87. The van der Waals surface area contributed by atoms with Crippen LogP contribution < -0.4 is 0 Å². The van der Waals surface area contributed by atoms with Gasteiger partial charge < -0.3 is 4.98 Å². The van der Waals surface area contributed by atoms with Crippen molar-refractivity contribution in [2.24, 2.45) is 0 Å². The zero-order valence-electron chi connectivity index (χ0n) is 10.2. The van der Waals surface area contributed by atoms with Gasteiger partial charge in [0.05, 0.1) is 5.56 Å². The summed E-state index contributed by atoms with van der Waals surface area (Å²) in [6.07, 6.45) is 2.25. The number of nitriles is 1. The maximum Gasteiger partial charge on any atom is 0.121 e. The average Bonchev–Trinajstić information content (AvgIpc) is 2.40. The summed E-state index contributed by atoms with van der Waals surface area (Å²) in [5.74, 6) is 0. The lowest BCUT2D eigenvalue weighted by Crippen LogP contribution is -1.88. The Labute approximate surface area is 112 Å². The highest BCUT2D eigenvalue weighted by atomic mass is 32.1. The molecule has 18 heavy (non-hydrogen) atoms. The minimum absolute atomic E-state index is 0.493. The largest absolute Gasteiger partial charge is 0.345 e. The number of hydrogen-bond acceptors (Lipinski definition) is 2. The Kier molecular flexibility index (Phi) is 3.91. The standard InChI is InChI=1S/C15H14N2S/c1-2-3-11-4-6-12(7-5-11)14-9-8-13(10-16)15(18)17-14/h4-9H,2-3H2,1H3,(H,17,18). The summed E-state index contributed by atoms with van der Waals surface area (Å²) in [6.45, 7) is 2.17. The molecule has 0 fully saturated rings. The van der Waals surface area contributed by atoms with Crippen molar-refractivity contribution in [3.8, 4) is 17.3 Å². The first-order valence-corrected chi connectivity index (χ1v) is 6.38. The van der Waals surface area contributed by atoms with E-state index in [-0.39, 0.29) is 0 Å². The van der Waals surface area contributed by atoms with Crippen LogP contribution in [-0.2, 0) is 6.42 Å². The first-order chi connectivity index (χ1) is 8.74. The molecular weight excluding hydrogens is 240 g/mol. The summed E-state index contributed by atoms with van der Waals surface area (Å²) in [6, 6.07) is 14.1. The van der Waals surface area contributed by atoms with Gasteiger partial charge in [0.1, 0.15) is 10.7 Å². The number of aromatic nitrogens is 1. The van der Waals surface area contributed by atoms with Crippen molar-refractivity contribution in [2.45, 2.75) is 19.8 Å². The van der Waals surface area contributed by atoms with Gasteiger partial charge in [-0.15, -0.1) is 0 Å². The molecule has 1 aromatic carbocycles. The second kappa shape index (κ2) is 5.61. The molecule has 0 aliphatic carbocycles. The van der Waals surface area contributed by atoms with Crippen molar-refractivity contribution < 1.29 is 0 Å². The molecule has 2 rings (SSSR count). The molecule has 1 aromatic heterocycles. The van der Waals surface area contributed by atoms with Crippen molar-refractivity contribution in [1.29, 1.82) is 5.26 Å². The van der Waals surface area contributed by atoms with Gasteiger partial charge in [0, 0.05) is 5.69 Å². The van der Waals surface area contributed by atoms with E-state index in [0.29, 0.717) is 10.2 Å². The van der Waals surface area contributed by atoms with Gasteiger partial charge in [0.2, 0.25) is 0 Å². The van der Waals surface area contributed by atoms with Crippen LogP contribution in [0.1, 0.15) is 24.5 Å². The number of aromatic amines is 1. The topological polar surface area (TPSA) is 39.6 Å². The van der Waals surface area contributed by atoms with E-state index in [1.54, 1.807) is 6.07 Å². The van der Waals surface area contributed by atoms with Gasteiger partial charge in [0.15, 0.2) is 0 Å². The molecule has 0 aliphatic heterocycles. The summed E-state index contributed by atoms with van der Waals surface area (Å²) in [5, 5.41) is 8.84. The Morgan fingerprint density at radius 3 is 2.44 bits per heavy atom. The predicted octanol–water partition coefficient (Wildman–Crippen LogP) is 4.24. The molecule has 1 heterocycles. The molecule has 0 saturated heterocycles. The van der Waals surface area contributed by atoms with E-state index in [1.165, 1.54) is 5.56 Å². The highest BCUT2D eigenvalue weighted by molar-refractivity contribution is 7.71. The van der Waals surface area contributed by atoms with Crippen LogP contribution in [0.2, 0.25) is 0 Å². The van der Waals surface area contributed by atoms with Gasteiger partial charge >= 0.3 is 0 Å². The van der Waals surface area contributed by atoms with Crippen LogP contribution in [0.15, 0.2) is 36.4 Å². The lowest BCUT2D eigenvalue weighted by Gasteiger charge is -2.04. The highest BCUT2D eigenvalue weighted by Gasteiger charge is 2.00. The molecule has 0 aliphatic rings. The van der Waals surface area contributed by atoms with Crippen molar-refractivity contribution in [2.75, 3.05) is 0 Å². The van der Waals surface area contributed by atoms with Crippen LogP contribution >= 0.6 is 12.2 Å². The first-order valence-electron chi connectivity index (χ1n) is 5.97. The molecule has 0 unspecified atom stereocenters. The van der Waals surface area contributed by atoms with Crippen LogP contribution in [0, 0.1) is 16.0 Å². The zero-order valence-corrected chi connectivity index (χ0v) is 11.1. The Balaban J connectivity index is 2.34. The predicted molar refractivity (Wildman–Crippen MR) is 75.8 cm³/mol. The SMILES string of the molecule is CCCc1ccc(-c2ccc(C#N)c(=S)[nH]2)cc1. The fraction of sp³-hybridized carbons (Fsp3) is 0.200. The van der Waals surface area contributed by atoms with E-state index in [1.807, 2.05) is 6.07 Å². The number of benzene rings is 1. The lowest BCUT2D eigenvalue weighted by molar-refractivity contribution is 0.922. The quantitative estimate of drug-likeness (QED) is 0.832. The van der Waals surface area contributed by atoms with Crippen molar-refractivity contribution >= 4 is 12.2 Å². The third-order valence-corrected chi connectivity index (χ3v) is 3.16. The van der Waals surface area contributed by atoms with Crippen LogP contribution in [0.3, 0.4) is 0 Å². The summed E-state index contributed by atoms with van der Waals surface area (Å²) in [7, 11) is 0. The highest BCUT2D eigenvalue weighted by Crippen LogP contribution is 2.18. The van der Waals surface area contributed by atoms with Gasteiger partial charge in [-0.05, 0) is 29.7 Å². The number of nitrogens with one attached hydrogen (secondary N) is 1. The molecule has 0 saturated carbocycles. The molecule has 90 valence electrons. The maximum atomic E-state index is 8.84. The molecule has 2 nitrogen and oxygen atoms in total. The molecule has 3 heteroatoms. The summed E-state index contributed by atoms with van der Waals surface area (Å²) >= 11 is 5.13. The lowest BCUT2D eigenvalue weighted by atomic mass is 10.1. The van der Waals surface area contributed by atoms with Crippen molar-refractivity contribution in [3.63, 3.8) is 0 Å². The number of pyridine rings is 1. The van der Waals surface area contributed by atoms with E-state index >= 15 is 0 Å². The second-order valence-corrected chi connectivity index (χ2v) is 4.58. The van der Waals surface area contributed by atoms with Crippen molar-refractivity contribution in [3.05, 3.63) is 52.2 Å². The maximum absolute atomic E-state index is 8.84. The van der Waals surface area contributed by atoms with Gasteiger partial charge in [0.25, 0.3) is 0 Å². The Bertz CT molecular complexity index is 633. The summed E-state index contributed by atoms with van der Waals surface area (Å²) < 4.78 is 0.493. The number of aryl methyl sites for hydroxylation is 1. The van der Waals surface area contributed by atoms with Crippen LogP contribution in [0.25, 0.3) is 11.3 Å². The average molecular weight is 254 g/mol. The zero-order chi connectivity index (χ0) is 13.0. The van der Waals surface area contributed by atoms with Crippen molar-refractivity contribution in [1.82, 2.24) is 4.98 Å². The molecular formula is C15H14N2S. The smallest absolute Gasteiger partial charge is 0.121 e. The van der Waals surface area contributed by atoms with E-state index in [4.69, 9.17) is 17.5 Å². The second-order valence-electron chi connectivity index (χ2n) is 4.17. The molecule has 0 atom stereocenters. The van der Waals surface area contributed by atoms with E-state index in [2.05, 4.69) is 42.2 Å². The molecule has 0 radical (unpaired) electrons. The Morgan fingerprint density at radius 2 is 1.89 bits per heavy atom. The molecule has 0 amide bonds. The van der Waals surface area contributed by atoms with Gasteiger partial charge in [-0.3, -0.25) is 0 Å². The summed E-state index contributed by atoms with van der Waals surface area (Å²) in [5.41, 5.74) is 3.89. The van der Waals surface area contributed by atoms with E-state index in [9.17, 15) is 0 Å². The van der Waals surface area contributed by atoms with Crippen LogP contribution in [-0.4, -0.2) is 4.98 Å². The minimum atomic E-state index is 0.493. The first kappa shape index (κ1) is 12.5. The van der Waals surface area contributed by atoms with Gasteiger partial charge in [-0.25, -0.2) is 0 Å². The third kappa shape index (κ3) is 2.66. The van der Waals surface area contributed by atoms with Gasteiger partial charge in [-0.2, -0.15) is 5.26 Å². The normalized spacial score (nSPS) is 10.0. The summed E-state index contributed by atoms with van der Waals surface area (Å²) in [4.78, 5) is 3.09. The number of rotatable bonds is 3. The number of nitrogens with zero attached hydrogens (tertiary/aromatic N) is 1. The Hall–Kier alpha value is -1.92. The van der Waals surface area contributed by atoms with Gasteiger partial charge in [-0.1, -0.05) is 49.8 Å². The number of hydrogen-bond donors (Lipinski definition) is 1. The third-order valence-electron chi connectivity index (χ3n) is 2.83. The van der Waals surface area contributed by atoms with E-state index < -0.39 is 0 Å². The Morgan fingerprint density at radius 1 is 1.17 bits per heavy atom. The minimum Gasteiger partial charge on any atom is -0.345 e. The molecule has 2 aromatic rings. The molecule has 0 spiro atoms. The number of H-pyrrole nitrogens is 1.